The first kappa shape index (κ1) is 16.6. The van der Waals surface area contributed by atoms with Crippen LogP contribution in [0.5, 0.6) is 5.75 Å². The van der Waals surface area contributed by atoms with E-state index >= 15 is 0 Å². The van der Waals surface area contributed by atoms with E-state index in [0.29, 0.717) is 11.1 Å². The monoisotopic (exact) mass is 310 g/mol. The fourth-order valence-electron chi connectivity index (χ4n) is 3.18. The summed E-state index contributed by atoms with van der Waals surface area (Å²) in [5.74, 6) is 0.966. The van der Waals surface area contributed by atoms with Crippen molar-refractivity contribution in [1.82, 2.24) is 9.80 Å². The van der Waals surface area contributed by atoms with Crippen molar-refractivity contribution < 1.29 is 5.11 Å². The van der Waals surface area contributed by atoms with E-state index in [0.717, 1.165) is 24.6 Å². The van der Waals surface area contributed by atoms with Crippen LogP contribution in [0.1, 0.15) is 32.3 Å². The number of hydrogen-bond acceptors (Lipinski definition) is 3. The zero-order chi connectivity index (χ0) is 15.4. The lowest BCUT2D eigenvalue weighted by Gasteiger charge is -2.37. The van der Waals surface area contributed by atoms with Crippen LogP contribution in [0.2, 0.25) is 5.02 Å². The maximum absolute atomic E-state index is 9.41. The first-order chi connectivity index (χ1) is 9.95. The minimum Gasteiger partial charge on any atom is -0.508 e. The highest BCUT2D eigenvalue weighted by molar-refractivity contribution is 6.31. The Balaban J connectivity index is 1.87. The lowest BCUT2D eigenvalue weighted by Crippen LogP contribution is -2.43. The third kappa shape index (κ3) is 4.87. The largest absolute Gasteiger partial charge is 0.508 e. The van der Waals surface area contributed by atoms with Crippen molar-refractivity contribution in [3.63, 3.8) is 0 Å². The molecule has 0 spiro atoms. The molecule has 1 fully saturated rings. The van der Waals surface area contributed by atoms with E-state index in [4.69, 9.17) is 11.6 Å². The zero-order valence-electron chi connectivity index (χ0n) is 13.3. The molecule has 0 aromatic heterocycles. The second kappa shape index (κ2) is 7.48. The molecule has 3 nitrogen and oxygen atoms in total. The maximum atomic E-state index is 9.41. The second-order valence-corrected chi connectivity index (χ2v) is 6.98. The number of phenols is 1. The van der Waals surface area contributed by atoms with Crippen LogP contribution in [-0.2, 0) is 6.54 Å². The standard InChI is InChI=1S/C17H27ClN2O/c1-13(2)20-8-4-5-14(11-20)10-19(3)12-15-6-7-16(21)9-17(15)18/h6-7,9,13-14,21H,4-5,8,10-12H2,1-3H3. The summed E-state index contributed by atoms with van der Waals surface area (Å²) in [5.41, 5.74) is 1.08. The average molecular weight is 311 g/mol. The van der Waals surface area contributed by atoms with Gasteiger partial charge in [0.1, 0.15) is 5.75 Å². The molecule has 1 saturated heterocycles. The van der Waals surface area contributed by atoms with Gasteiger partial charge in [-0.2, -0.15) is 0 Å². The van der Waals surface area contributed by atoms with Gasteiger partial charge in [-0.25, -0.2) is 0 Å². The van der Waals surface area contributed by atoms with Crippen LogP contribution < -0.4 is 0 Å². The van der Waals surface area contributed by atoms with Gasteiger partial charge in [0.25, 0.3) is 0 Å². The molecule has 21 heavy (non-hydrogen) atoms. The third-order valence-electron chi connectivity index (χ3n) is 4.33. The SMILES string of the molecule is CC(C)N1CCCC(CN(C)Cc2ccc(O)cc2Cl)C1. The van der Waals surface area contributed by atoms with Crippen molar-refractivity contribution in [2.75, 3.05) is 26.7 Å². The molecule has 4 heteroatoms. The molecule has 0 radical (unpaired) electrons. The van der Waals surface area contributed by atoms with Gasteiger partial charge in [-0.05, 0) is 63.9 Å². The molecule has 1 atom stereocenters. The predicted molar refractivity (Wildman–Crippen MR) is 88.9 cm³/mol. The Hall–Kier alpha value is -0.770. The van der Waals surface area contributed by atoms with E-state index in [1.54, 1.807) is 12.1 Å². The zero-order valence-corrected chi connectivity index (χ0v) is 14.1. The highest BCUT2D eigenvalue weighted by Crippen LogP contribution is 2.24. The van der Waals surface area contributed by atoms with Crippen LogP contribution in [0, 0.1) is 5.92 Å². The lowest BCUT2D eigenvalue weighted by molar-refractivity contribution is 0.116. The molecule has 1 aromatic rings. The minimum absolute atomic E-state index is 0.228. The molecule has 1 unspecified atom stereocenters. The van der Waals surface area contributed by atoms with E-state index in [1.165, 1.54) is 25.9 Å². The molecule has 0 aliphatic carbocycles. The molecule has 2 rings (SSSR count). The van der Waals surface area contributed by atoms with E-state index in [2.05, 4.69) is 30.7 Å². The van der Waals surface area contributed by atoms with Gasteiger partial charge in [0.2, 0.25) is 0 Å². The predicted octanol–water partition coefficient (Wildman–Crippen LogP) is 3.60. The topological polar surface area (TPSA) is 26.7 Å². The first-order valence-electron chi connectivity index (χ1n) is 7.85. The van der Waals surface area contributed by atoms with Gasteiger partial charge in [-0.15, -0.1) is 0 Å². The van der Waals surface area contributed by atoms with Crippen LogP contribution in [-0.4, -0.2) is 47.6 Å². The number of rotatable bonds is 5. The molecule has 1 aliphatic rings. The maximum Gasteiger partial charge on any atom is 0.117 e. The lowest BCUT2D eigenvalue weighted by atomic mass is 9.96. The summed E-state index contributed by atoms with van der Waals surface area (Å²) in [7, 11) is 2.15. The quantitative estimate of drug-likeness (QED) is 0.900. The Morgan fingerprint density at radius 1 is 1.43 bits per heavy atom. The number of piperidine rings is 1. The van der Waals surface area contributed by atoms with Crippen LogP contribution in [0.4, 0.5) is 0 Å². The summed E-state index contributed by atoms with van der Waals surface area (Å²) in [4.78, 5) is 4.92. The first-order valence-corrected chi connectivity index (χ1v) is 8.23. The number of nitrogens with zero attached hydrogens (tertiary/aromatic N) is 2. The molecule has 0 amide bonds. The molecule has 0 saturated carbocycles. The van der Waals surface area contributed by atoms with Crippen LogP contribution >= 0.6 is 11.6 Å². The Kier molecular flexibility index (Phi) is 5.91. The van der Waals surface area contributed by atoms with E-state index in [-0.39, 0.29) is 5.75 Å². The number of halogens is 1. The van der Waals surface area contributed by atoms with Crippen molar-refractivity contribution in [1.29, 1.82) is 0 Å². The van der Waals surface area contributed by atoms with Crippen molar-refractivity contribution in [3.05, 3.63) is 28.8 Å². The Morgan fingerprint density at radius 2 is 2.19 bits per heavy atom. The molecule has 0 bridgehead atoms. The van der Waals surface area contributed by atoms with Gasteiger partial charge in [0.15, 0.2) is 0 Å². The molecule has 1 N–H and O–H groups in total. The van der Waals surface area contributed by atoms with Crippen LogP contribution in [0.15, 0.2) is 18.2 Å². The van der Waals surface area contributed by atoms with E-state index in [9.17, 15) is 5.11 Å². The average Bonchev–Trinajstić information content (AvgIpc) is 2.42. The van der Waals surface area contributed by atoms with E-state index < -0.39 is 0 Å². The summed E-state index contributed by atoms with van der Waals surface area (Å²) in [6.45, 7) is 8.93. The second-order valence-electron chi connectivity index (χ2n) is 6.57. The van der Waals surface area contributed by atoms with Gasteiger partial charge in [0.05, 0.1) is 0 Å². The van der Waals surface area contributed by atoms with Gasteiger partial charge in [-0.1, -0.05) is 17.7 Å². The normalized spacial score (nSPS) is 20.4. The highest BCUT2D eigenvalue weighted by atomic mass is 35.5. The molecule has 1 aromatic carbocycles. The molecule has 1 aliphatic heterocycles. The van der Waals surface area contributed by atoms with Crippen molar-refractivity contribution >= 4 is 11.6 Å². The molecule has 1 heterocycles. The Bertz CT molecular complexity index is 464. The van der Waals surface area contributed by atoms with Crippen molar-refractivity contribution in [3.8, 4) is 5.75 Å². The van der Waals surface area contributed by atoms with Gasteiger partial charge in [-0.3, -0.25) is 0 Å². The molecular weight excluding hydrogens is 284 g/mol. The van der Waals surface area contributed by atoms with Gasteiger partial charge in [0, 0.05) is 30.7 Å². The van der Waals surface area contributed by atoms with Crippen molar-refractivity contribution in [2.24, 2.45) is 5.92 Å². The number of benzene rings is 1. The fraction of sp³-hybridized carbons (Fsp3) is 0.647. The summed E-state index contributed by atoms with van der Waals surface area (Å²) >= 11 is 6.19. The van der Waals surface area contributed by atoms with Crippen LogP contribution in [0.3, 0.4) is 0 Å². The minimum atomic E-state index is 0.228. The number of phenolic OH excluding ortho intramolecular Hbond substituents is 1. The van der Waals surface area contributed by atoms with Crippen molar-refractivity contribution in [2.45, 2.75) is 39.3 Å². The van der Waals surface area contributed by atoms with Crippen LogP contribution in [0.25, 0.3) is 0 Å². The van der Waals surface area contributed by atoms with Gasteiger partial charge >= 0.3 is 0 Å². The Labute approximate surface area is 133 Å². The highest BCUT2D eigenvalue weighted by Gasteiger charge is 2.22. The smallest absolute Gasteiger partial charge is 0.117 e. The summed E-state index contributed by atoms with van der Waals surface area (Å²) < 4.78 is 0. The fourth-order valence-corrected chi connectivity index (χ4v) is 3.41. The summed E-state index contributed by atoms with van der Waals surface area (Å²) in [5, 5.41) is 10.1. The summed E-state index contributed by atoms with van der Waals surface area (Å²) in [6.07, 6.45) is 2.62. The van der Waals surface area contributed by atoms with Gasteiger partial charge < -0.3 is 14.9 Å². The van der Waals surface area contributed by atoms with E-state index in [1.807, 2.05) is 6.07 Å². The Morgan fingerprint density at radius 3 is 2.86 bits per heavy atom. The number of aromatic hydroxyl groups is 1. The molecule has 118 valence electrons. The number of likely N-dealkylation sites (tertiary alicyclic amines) is 1. The third-order valence-corrected chi connectivity index (χ3v) is 4.68. The summed E-state index contributed by atoms with van der Waals surface area (Å²) in [6, 6.07) is 5.88. The number of hydrogen-bond donors (Lipinski definition) is 1. The molecular formula is C17H27ClN2O.